The van der Waals surface area contributed by atoms with Gasteiger partial charge in [0.05, 0.1) is 28.1 Å². The minimum atomic E-state index is -0.433. The normalized spacial score (nSPS) is 10.6. The Morgan fingerprint density at radius 3 is 2.15 bits per heavy atom. The molecule has 0 heterocycles. The third kappa shape index (κ3) is 4.80. The number of amides is 2. The second-order valence-corrected chi connectivity index (χ2v) is 6.00. The first-order valence-corrected chi connectivity index (χ1v) is 8.56. The van der Waals surface area contributed by atoms with E-state index >= 15 is 0 Å². The molecule has 0 aliphatic heterocycles. The predicted octanol–water partition coefficient (Wildman–Crippen LogP) is 4.36. The van der Waals surface area contributed by atoms with Crippen molar-refractivity contribution in [3.63, 3.8) is 0 Å². The van der Waals surface area contributed by atoms with Crippen molar-refractivity contribution in [3.8, 4) is 0 Å². The van der Waals surface area contributed by atoms with Crippen LogP contribution >= 0.6 is 11.6 Å². The maximum atomic E-state index is 12.5. The lowest BCUT2D eigenvalue weighted by Crippen LogP contribution is -2.21. The summed E-state index contributed by atoms with van der Waals surface area (Å²) >= 11 is 6.06. The lowest BCUT2D eigenvalue weighted by molar-refractivity contribution is 0.0956. The number of hydrogen-bond acceptors (Lipinski definition) is 3. The van der Waals surface area contributed by atoms with Gasteiger partial charge in [-0.2, -0.15) is 5.10 Å². The molecule has 0 fully saturated rings. The molecule has 0 spiro atoms. The summed E-state index contributed by atoms with van der Waals surface area (Å²) in [4.78, 5) is 24.9. The van der Waals surface area contributed by atoms with Crippen LogP contribution in [0.25, 0.3) is 0 Å². The van der Waals surface area contributed by atoms with Crippen LogP contribution in [0.5, 0.6) is 0 Å². The van der Waals surface area contributed by atoms with E-state index in [1.807, 2.05) is 30.3 Å². The van der Waals surface area contributed by atoms with E-state index in [1.54, 1.807) is 54.7 Å². The van der Waals surface area contributed by atoms with Crippen molar-refractivity contribution in [2.45, 2.75) is 0 Å². The molecule has 2 amide bonds. The molecule has 0 radical (unpaired) electrons. The van der Waals surface area contributed by atoms with Crippen molar-refractivity contribution in [2.24, 2.45) is 5.10 Å². The number of carbonyl (C=O) groups is 2. The summed E-state index contributed by atoms with van der Waals surface area (Å²) in [6.07, 6.45) is 1.54. The Morgan fingerprint density at radius 1 is 0.778 bits per heavy atom. The number of nitrogens with one attached hydrogen (secondary N) is 2. The number of hydrazone groups is 1. The highest BCUT2D eigenvalue weighted by molar-refractivity contribution is 6.34. The number of hydrogen-bond donors (Lipinski definition) is 2. The maximum Gasteiger partial charge on any atom is 0.273 e. The highest BCUT2D eigenvalue weighted by Gasteiger charge is 2.15. The van der Waals surface area contributed by atoms with Crippen molar-refractivity contribution >= 4 is 35.3 Å². The molecule has 0 aliphatic rings. The summed E-state index contributed by atoms with van der Waals surface area (Å²) < 4.78 is 0. The van der Waals surface area contributed by atoms with Crippen LogP contribution in [0.2, 0.25) is 5.02 Å². The molecule has 0 saturated carbocycles. The molecule has 0 bridgehead atoms. The summed E-state index contributed by atoms with van der Waals surface area (Å²) in [6, 6.07) is 22.8. The second kappa shape index (κ2) is 8.78. The fourth-order valence-corrected chi connectivity index (χ4v) is 2.61. The highest BCUT2D eigenvalue weighted by Crippen LogP contribution is 2.19. The third-order valence-electron chi connectivity index (χ3n) is 3.72. The topological polar surface area (TPSA) is 70.6 Å². The minimum Gasteiger partial charge on any atom is -0.321 e. The summed E-state index contributed by atoms with van der Waals surface area (Å²) in [5.41, 5.74) is 4.32. The van der Waals surface area contributed by atoms with E-state index in [1.165, 1.54) is 0 Å². The van der Waals surface area contributed by atoms with Crippen molar-refractivity contribution < 1.29 is 9.59 Å². The molecule has 3 aromatic carbocycles. The van der Waals surface area contributed by atoms with E-state index in [9.17, 15) is 9.59 Å². The SMILES string of the molecule is O=C(Nc1ccccc1C(=O)N/N=C\c1ccccc1)c1ccccc1Cl. The molecule has 0 aliphatic carbocycles. The highest BCUT2D eigenvalue weighted by atomic mass is 35.5. The molecule has 2 N–H and O–H groups in total. The van der Waals surface area contributed by atoms with Crippen molar-refractivity contribution in [3.05, 3.63) is 101 Å². The monoisotopic (exact) mass is 377 g/mol. The molecule has 27 heavy (non-hydrogen) atoms. The van der Waals surface area contributed by atoms with Crippen LogP contribution in [0.1, 0.15) is 26.3 Å². The third-order valence-corrected chi connectivity index (χ3v) is 4.05. The molecule has 6 heteroatoms. The first kappa shape index (κ1) is 18.4. The molecule has 5 nitrogen and oxygen atoms in total. The van der Waals surface area contributed by atoms with Gasteiger partial charge in [-0.1, -0.05) is 66.2 Å². The summed E-state index contributed by atoms with van der Waals surface area (Å²) in [5, 5.41) is 7.01. The van der Waals surface area contributed by atoms with Gasteiger partial charge in [0.25, 0.3) is 11.8 Å². The van der Waals surface area contributed by atoms with Gasteiger partial charge in [0, 0.05) is 0 Å². The molecule has 3 rings (SSSR count). The van der Waals surface area contributed by atoms with Crippen LogP contribution < -0.4 is 10.7 Å². The number of rotatable bonds is 5. The van der Waals surface area contributed by atoms with Gasteiger partial charge in [0.2, 0.25) is 0 Å². The summed E-state index contributed by atoms with van der Waals surface area (Å²) in [7, 11) is 0. The lowest BCUT2D eigenvalue weighted by Gasteiger charge is -2.10. The van der Waals surface area contributed by atoms with Crippen molar-refractivity contribution in [2.75, 3.05) is 5.32 Å². The molecular formula is C21H16ClN3O2. The minimum absolute atomic E-state index is 0.295. The van der Waals surface area contributed by atoms with E-state index in [0.717, 1.165) is 5.56 Å². The fourth-order valence-electron chi connectivity index (χ4n) is 2.39. The molecule has 3 aromatic rings. The Morgan fingerprint density at radius 2 is 1.41 bits per heavy atom. The molecule has 0 aromatic heterocycles. The van der Waals surface area contributed by atoms with Crippen LogP contribution in [-0.2, 0) is 0 Å². The summed E-state index contributed by atoms with van der Waals surface area (Å²) in [6.45, 7) is 0. The average molecular weight is 378 g/mol. The number of benzene rings is 3. The fraction of sp³-hybridized carbons (Fsp3) is 0. The van der Waals surface area contributed by atoms with Crippen LogP contribution in [0.3, 0.4) is 0 Å². The Bertz CT molecular complexity index is 987. The second-order valence-electron chi connectivity index (χ2n) is 5.59. The van der Waals surface area contributed by atoms with E-state index in [0.29, 0.717) is 21.8 Å². The average Bonchev–Trinajstić information content (AvgIpc) is 2.69. The van der Waals surface area contributed by atoms with Gasteiger partial charge in [-0.05, 0) is 29.8 Å². The predicted molar refractivity (Wildman–Crippen MR) is 107 cm³/mol. The number of anilines is 1. The largest absolute Gasteiger partial charge is 0.321 e. The van der Waals surface area contributed by atoms with Gasteiger partial charge in [-0.15, -0.1) is 0 Å². The Kier molecular flexibility index (Phi) is 5.97. The summed E-state index contributed by atoms with van der Waals surface area (Å²) in [5.74, 6) is -0.828. The number of carbonyl (C=O) groups excluding carboxylic acids is 2. The van der Waals surface area contributed by atoms with Crippen molar-refractivity contribution in [1.82, 2.24) is 5.43 Å². The van der Waals surface area contributed by atoms with Crippen LogP contribution in [0, 0.1) is 0 Å². The number of halogens is 1. The Balaban J connectivity index is 1.73. The molecule has 0 unspecified atom stereocenters. The van der Waals surface area contributed by atoms with E-state index in [4.69, 9.17) is 11.6 Å². The van der Waals surface area contributed by atoms with Gasteiger partial charge in [0.15, 0.2) is 0 Å². The van der Waals surface area contributed by atoms with E-state index < -0.39 is 11.8 Å². The maximum absolute atomic E-state index is 12.5. The molecule has 0 atom stereocenters. The zero-order chi connectivity index (χ0) is 19.1. The van der Waals surface area contributed by atoms with Gasteiger partial charge < -0.3 is 5.32 Å². The smallest absolute Gasteiger partial charge is 0.273 e. The Hall–Kier alpha value is -3.44. The zero-order valence-corrected chi connectivity index (χ0v) is 15.0. The number of para-hydroxylation sites is 1. The molecule has 134 valence electrons. The van der Waals surface area contributed by atoms with Crippen LogP contribution in [-0.4, -0.2) is 18.0 Å². The van der Waals surface area contributed by atoms with Crippen LogP contribution in [0.4, 0.5) is 5.69 Å². The molecular weight excluding hydrogens is 362 g/mol. The van der Waals surface area contributed by atoms with Gasteiger partial charge in [-0.25, -0.2) is 5.43 Å². The van der Waals surface area contributed by atoms with E-state index in [-0.39, 0.29) is 0 Å². The van der Waals surface area contributed by atoms with Gasteiger partial charge >= 0.3 is 0 Å². The molecule has 0 saturated heterocycles. The van der Waals surface area contributed by atoms with Crippen molar-refractivity contribution in [1.29, 1.82) is 0 Å². The van der Waals surface area contributed by atoms with E-state index in [2.05, 4.69) is 15.8 Å². The van der Waals surface area contributed by atoms with Gasteiger partial charge in [0.1, 0.15) is 0 Å². The zero-order valence-electron chi connectivity index (χ0n) is 14.2. The Labute approximate surface area is 161 Å². The quantitative estimate of drug-likeness (QED) is 0.512. The lowest BCUT2D eigenvalue weighted by atomic mass is 10.1. The first-order valence-electron chi connectivity index (χ1n) is 8.18. The number of nitrogens with zero attached hydrogens (tertiary/aromatic N) is 1. The van der Waals surface area contributed by atoms with Gasteiger partial charge in [-0.3, -0.25) is 9.59 Å². The first-order chi connectivity index (χ1) is 13.1. The van der Waals surface area contributed by atoms with Crippen LogP contribution in [0.15, 0.2) is 84.0 Å². The standard InChI is InChI=1S/C21H16ClN3O2/c22-18-12-6-4-10-16(18)20(26)24-19-13-7-5-11-17(19)21(27)25-23-14-15-8-2-1-3-9-15/h1-14H,(H,24,26)(H,25,27)/b23-14-.